The van der Waals surface area contributed by atoms with Crippen molar-refractivity contribution in [3.8, 4) is 5.75 Å². The predicted octanol–water partition coefficient (Wildman–Crippen LogP) is 2.40. The Morgan fingerprint density at radius 1 is 1.29 bits per heavy atom. The van der Waals surface area contributed by atoms with E-state index in [4.69, 9.17) is 9.84 Å². The van der Waals surface area contributed by atoms with Crippen LogP contribution in [0, 0.1) is 0 Å². The summed E-state index contributed by atoms with van der Waals surface area (Å²) in [6, 6.07) is 7.93. The van der Waals surface area contributed by atoms with Crippen molar-refractivity contribution in [2.45, 2.75) is 32.8 Å². The molecular formula is C12H18O2. The summed E-state index contributed by atoms with van der Waals surface area (Å²) in [5.41, 5.74) is 0.666. The minimum Gasteiger partial charge on any atom is -0.485 e. The summed E-state index contributed by atoms with van der Waals surface area (Å²) in [7, 11) is 0. The molecule has 0 spiro atoms. The topological polar surface area (TPSA) is 29.5 Å². The number of rotatable bonds is 4. The summed E-state index contributed by atoms with van der Waals surface area (Å²) in [4.78, 5) is 0. The van der Waals surface area contributed by atoms with Gasteiger partial charge in [-0.05, 0) is 31.9 Å². The van der Waals surface area contributed by atoms with Gasteiger partial charge in [-0.15, -0.1) is 0 Å². The van der Waals surface area contributed by atoms with Crippen molar-refractivity contribution < 1.29 is 9.84 Å². The Kier molecular flexibility index (Phi) is 3.53. The molecule has 0 bridgehead atoms. The molecule has 1 aromatic carbocycles. The van der Waals surface area contributed by atoms with E-state index in [1.54, 1.807) is 0 Å². The van der Waals surface area contributed by atoms with E-state index in [1.807, 2.05) is 38.1 Å². The molecule has 0 radical (unpaired) electrons. The molecule has 0 aliphatic heterocycles. The van der Waals surface area contributed by atoms with Crippen LogP contribution >= 0.6 is 0 Å². The molecule has 2 nitrogen and oxygen atoms in total. The zero-order valence-corrected chi connectivity index (χ0v) is 9.08. The van der Waals surface area contributed by atoms with Gasteiger partial charge in [0.1, 0.15) is 11.4 Å². The van der Waals surface area contributed by atoms with Crippen molar-refractivity contribution in [1.82, 2.24) is 0 Å². The first-order chi connectivity index (χ1) is 6.59. The molecule has 1 rings (SSSR count). The fourth-order valence-corrected chi connectivity index (χ4v) is 1.23. The van der Waals surface area contributed by atoms with Crippen LogP contribution in [0.4, 0.5) is 0 Å². The number of aryl methyl sites for hydroxylation is 1. The zero-order valence-electron chi connectivity index (χ0n) is 9.08. The molecule has 0 aliphatic rings. The third-order valence-electron chi connectivity index (χ3n) is 2.12. The molecule has 0 amide bonds. The SMILES string of the molecule is CCc1ccccc1OC(C)(C)CO. The van der Waals surface area contributed by atoms with Crippen LogP contribution in [-0.2, 0) is 6.42 Å². The molecular weight excluding hydrogens is 176 g/mol. The van der Waals surface area contributed by atoms with Crippen LogP contribution in [0.5, 0.6) is 5.75 Å². The average Bonchev–Trinajstić information content (AvgIpc) is 2.18. The van der Waals surface area contributed by atoms with Crippen LogP contribution in [0.25, 0.3) is 0 Å². The average molecular weight is 194 g/mol. The van der Waals surface area contributed by atoms with Crippen LogP contribution < -0.4 is 4.74 Å². The summed E-state index contributed by atoms with van der Waals surface area (Å²) >= 11 is 0. The Labute approximate surface area is 85.5 Å². The van der Waals surface area contributed by atoms with Crippen LogP contribution in [0.15, 0.2) is 24.3 Å². The van der Waals surface area contributed by atoms with E-state index in [0.717, 1.165) is 12.2 Å². The Bertz CT molecular complexity index is 292. The summed E-state index contributed by atoms with van der Waals surface area (Å²) in [6.45, 7) is 5.86. The van der Waals surface area contributed by atoms with Gasteiger partial charge in [0.25, 0.3) is 0 Å². The van der Waals surface area contributed by atoms with Gasteiger partial charge in [0.15, 0.2) is 0 Å². The van der Waals surface area contributed by atoms with E-state index < -0.39 is 5.60 Å². The summed E-state index contributed by atoms with van der Waals surface area (Å²) < 4.78 is 5.72. The second kappa shape index (κ2) is 4.47. The fraction of sp³-hybridized carbons (Fsp3) is 0.500. The van der Waals surface area contributed by atoms with Crippen molar-refractivity contribution in [1.29, 1.82) is 0 Å². The zero-order chi connectivity index (χ0) is 10.6. The molecule has 78 valence electrons. The van der Waals surface area contributed by atoms with Gasteiger partial charge in [0.05, 0.1) is 6.61 Å². The van der Waals surface area contributed by atoms with Crippen LogP contribution in [0.3, 0.4) is 0 Å². The highest BCUT2D eigenvalue weighted by molar-refractivity contribution is 5.33. The van der Waals surface area contributed by atoms with Crippen LogP contribution in [-0.4, -0.2) is 17.3 Å². The standard InChI is InChI=1S/C12H18O2/c1-4-10-7-5-6-8-11(10)14-12(2,3)9-13/h5-8,13H,4,9H2,1-3H3. The Hall–Kier alpha value is -1.02. The van der Waals surface area contributed by atoms with E-state index in [2.05, 4.69) is 6.92 Å². The smallest absolute Gasteiger partial charge is 0.126 e. The number of aliphatic hydroxyl groups excluding tert-OH is 1. The highest BCUT2D eigenvalue weighted by Crippen LogP contribution is 2.23. The molecule has 0 saturated carbocycles. The lowest BCUT2D eigenvalue weighted by molar-refractivity contribution is 0.0405. The molecule has 0 atom stereocenters. The van der Waals surface area contributed by atoms with Crippen molar-refractivity contribution >= 4 is 0 Å². The van der Waals surface area contributed by atoms with Crippen molar-refractivity contribution in [3.63, 3.8) is 0 Å². The number of hydrogen-bond donors (Lipinski definition) is 1. The molecule has 14 heavy (non-hydrogen) atoms. The Morgan fingerprint density at radius 2 is 1.93 bits per heavy atom. The number of aliphatic hydroxyl groups is 1. The highest BCUT2D eigenvalue weighted by atomic mass is 16.5. The normalized spacial score (nSPS) is 11.4. The lowest BCUT2D eigenvalue weighted by Crippen LogP contribution is -2.32. The van der Waals surface area contributed by atoms with Crippen LogP contribution in [0.1, 0.15) is 26.3 Å². The van der Waals surface area contributed by atoms with Crippen molar-refractivity contribution in [2.75, 3.05) is 6.61 Å². The van der Waals surface area contributed by atoms with E-state index in [9.17, 15) is 0 Å². The Balaban J connectivity index is 2.85. The van der Waals surface area contributed by atoms with E-state index in [1.165, 1.54) is 5.56 Å². The van der Waals surface area contributed by atoms with Gasteiger partial charge in [0, 0.05) is 0 Å². The summed E-state index contributed by atoms with van der Waals surface area (Å²) in [6.07, 6.45) is 0.942. The molecule has 0 aromatic heterocycles. The fourth-order valence-electron chi connectivity index (χ4n) is 1.23. The summed E-state index contributed by atoms with van der Waals surface area (Å²) in [5, 5.41) is 9.09. The lowest BCUT2D eigenvalue weighted by Gasteiger charge is -2.25. The molecule has 0 aliphatic carbocycles. The van der Waals surface area contributed by atoms with Gasteiger partial charge < -0.3 is 9.84 Å². The molecule has 0 heterocycles. The van der Waals surface area contributed by atoms with Gasteiger partial charge in [-0.25, -0.2) is 0 Å². The summed E-state index contributed by atoms with van der Waals surface area (Å²) in [5.74, 6) is 0.869. The Morgan fingerprint density at radius 3 is 2.50 bits per heavy atom. The van der Waals surface area contributed by atoms with Crippen molar-refractivity contribution in [2.24, 2.45) is 0 Å². The maximum Gasteiger partial charge on any atom is 0.126 e. The number of para-hydroxylation sites is 1. The van der Waals surface area contributed by atoms with Crippen LogP contribution in [0.2, 0.25) is 0 Å². The van der Waals surface area contributed by atoms with Gasteiger partial charge in [-0.3, -0.25) is 0 Å². The van der Waals surface area contributed by atoms with E-state index in [-0.39, 0.29) is 6.61 Å². The first kappa shape index (κ1) is 11.1. The predicted molar refractivity (Wildman–Crippen MR) is 57.6 cm³/mol. The number of hydrogen-bond acceptors (Lipinski definition) is 2. The molecule has 0 fully saturated rings. The molecule has 1 aromatic rings. The largest absolute Gasteiger partial charge is 0.485 e. The van der Waals surface area contributed by atoms with Gasteiger partial charge >= 0.3 is 0 Å². The first-order valence-corrected chi connectivity index (χ1v) is 4.97. The first-order valence-electron chi connectivity index (χ1n) is 4.97. The molecule has 0 unspecified atom stereocenters. The highest BCUT2D eigenvalue weighted by Gasteiger charge is 2.19. The lowest BCUT2D eigenvalue weighted by atomic mass is 10.1. The van der Waals surface area contributed by atoms with Gasteiger partial charge in [0.2, 0.25) is 0 Å². The van der Waals surface area contributed by atoms with Gasteiger partial charge in [-0.1, -0.05) is 25.1 Å². The van der Waals surface area contributed by atoms with E-state index in [0.29, 0.717) is 0 Å². The minimum atomic E-state index is -0.509. The third kappa shape index (κ3) is 2.74. The number of benzene rings is 1. The molecule has 0 saturated heterocycles. The van der Waals surface area contributed by atoms with Gasteiger partial charge in [-0.2, -0.15) is 0 Å². The second-order valence-electron chi connectivity index (χ2n) is 3.98. The molecule has 1 N–H and O–H groups in total. The molecule has 2 heteroatoms. The second-order valence-corrected chi connectivity index (χ2v) is 3.98. The van der Waals surface area contributed by atoms with E-state index >= 15 is 0 Å². The minimum absolute atomic E-state index is 0.0189. The third-order valence-corrected chi connectivity index (χ3v) is 2.12. The maximum atomic E-state index is 9.09. The van der Waals surface area contributed by atoms with Crippen molar-refractivity contribution in [3.05, 3.63) is 29.8 Å². The quantitative estimate of drug-likeness (QED) is 0.797. The maximum absolute atomic E-state index is 9.09. The monoisotopic (exact) mass is 194 g/mol. The number of ether oxygens (including phenoxy) is 1.